The number of thiazole rings is 6. The van der Waals surface area contributed by atoms with E-state index in [1.54, 1.807) is 41.2 Å². The lowest BCUT2D eigenvalue weighted by atomic mass is 9.74. The molecule has 2 atom stereocenters. The van der Waals surface area contributed by atoms with Gasteiger partial charge in [0.1, 0.15) is 65.0 Å². The highest BCUT2D eigenvalue weighted by molar-refractivity contribution is 7.15. The number of hydrogen-bond donors (Lipinski definition) is 7. The van der Waals surface area contributed by atoms with Crippen LogP contribution in [-0.2, 0) is 48.2 Å². The summed E-state index contributed by atoms with van der Waals surface area (Å²) in [7, 11) is 2.92. The summed E-state index contributed by atoms with van der Waals surface area (Å²) in [6, 6.07) is 12.0. The first-order chi connectivity index (χ1) is 41.8. The third kappa shape index (κ3) is 15.5. The van der Waals surface area contributed by atoms with Gasteiger partial charge in [-0.15, -0.1) is 68.0 Å². The number of pyridine rings is 1. The molecule has 8 N–H and O–H groups in total. The van der Waals surface area contributed by atoms with Crippen molar-refractivity contribution in [1.82, 2.24) is 56.2 Å². The van der Waals surface area contributed by atoms with E-state index >= 15 is 0 Å². The molecule has 1 aromatic carbocycles. The number of nitrogens with zero attached hydrogens (tertiary/aromatic N) is 8. The normalized spacial score (nSPS) is 14.4. The highest BCUT2D eigenvalue weighted by Crippen LogP contribution is 2.41. The van der Waals surface area contributed by atoms with Gasteiger partial charge in [-0.3, -0.25) is 43.3 Å². The van der Waals surface area contributed by atoms with Crippen LogP contribution in [0.4, 0.5) is 5.82 Å². The molecule has 454 valence electrons. The number of aromatic nitrogens is 7. The predicted octanol–water partition coefficient (Wildman–Crippen LogP) is 7.99. The first kappa shape index (κ1) is 63.4. The van der Waals surface area contributed by atoms with Gasteiger partial charge >= 0.3 is 11.9 Å². The molecule has 6 amide bonds. The Balaban J connectivity index is 0.987. The number of carbonyl (C=O) groups excluding carboxylic acids is 6. The molecule has 0 aliphatic heterocycles. The van der Waals surface area contributed by atoms with Crippen LogP contribution >= 0.6 is 68.0 Å². The molecule has 8 aromatic rings. The second-order valence-corrected chi connectivity index (χ2v) is 26.3. The van der Waals surface area contributed by atoms with Gasteiger partial charge in [-0.05, 0) is 56.2 Å². The first-order valence-electron chi connectivity index (χ1n) is 27.2. The van der Waals surface area contributed by atoms with E-state index in [2.05, 4.69) is 43.4 Å². The average Bonchev–Trinajstić information content (AvgIpc) is 2.13. The summed E-state index contributed by atoms with van der Waals surface area (Å²) >= 11 is 7.62. The maximum atomic E-state index is 14.4. The summed E-state index contributed by atoms with van der Waals surface area (Å²) in [4.78, 5) is 139. The van der Waals surface area contributed by atoms with E-state index in [1.165, 1.54) is 70.0 Å². The van der Waals surface area contributed by atoms with Gasteiger partial charge in [0.2, 0.25) is 17.7 Å². The minimum absolute atomic E-state index is 0.0137. The molecule has 0 radical (unpaired) electrons. The number of hydrogen-bond acceptors (Lipinski definition) is 22. The fourth-order valence-electron chi connectivity index (χ4n) is 9.22. The molecular formula is C57H59N13O11S6. The number of primary amides is 1. The Hall–Kier alpha value is -8.13. The van der Waals surface area contributed by atoms with Gasteiger partial charge in [0.25, 0.3) is 17.7 Å². The zero-order valence-electron chi connectivity index (χ0n) is 47.5. The molecule has 1 aliphatic carbocycles. The molecule has 1 fully saturated rings. The third-order valence-electron chi connectivity index (χ3n) is 13.9. The van der Waals surface area contributed by atoms with Gasteiger partial charge in [0.15, 0.2) is 0 Å². The van der Waals surface area contributed by atoms with Crippen molar-refractivity contribution in [3.63, 3.8) is 0 Å². The van der Waals surface area contributed by atoms with E-state index in [9.17, 15) is 48.6 Å². The van der Waals surface area contributed by atoms with Gasteiger partial charge in [0, 0.05) is 71.4 Å². The van der Waals surface area contributed by atoms with Crippen LogP contribution in [0.25, 0.3) is 43.4 Å². The highest BCUT2D eigenvalue weighted by atomic mass is 32.1. The van der Waals surface area contributed by atoms with Crippen molar-refractivity contribution < 1.29 is 53.3 Å². The number of anilines is 1. The summed E-state index contributed by atoms with van der Waals surface area (Å²) in [5.74, 6) is -6.43. The van der Waals surface area contributed by atoms with E-state index in [0.29, 0.717) is 58.1 Å². The minimum Gasteiger partial charge on any atom is -0.481 e. The lowest BCUT2D eigenvalue weighted by Crippen LogP contribution is -2.44. The molecular weight excluding hydrogens is 1240 g/mol. The quantitative estimate of drug-likeness (QED) is 0.0244. The van der Waals surface area contributed by atoms with E-state index in [-0.39, 0.29) is 85.0 Å². The number of nitrogens with two attached hydrogens (primary N) is 1. The Bertz CT molecular complexity index is 3850. The van der Waals surface area contributed by atoms with E-state index < -0.39 is 71.9 Å². The number of carboxylic acids is 2. The number of carboxylic acid groups (broad SMARTS) is 2. The Labute approximate surface area is 522 Å². The summed E-state index contributed by atoms with van der Waals surface area (Å²) in [6.45, 7) is 5.13. The van der Waals surface area contributed by atoms with Crippen LogP contribution < -0.4 is 31.9 Å². The number of aliphatic carboxylic acids is 2. The molecule has 0 bridgehead atoms. The topological polar surface area (TPSA) is 354 Å². The zero-order chi connectivity index (χ0) is 62.1. The second kappa shape index (κ2) is 28.6. The summed E-state index contributed by atoms with van der Waals surface area (Å²) in [5.41, 5.74) is 9.05. The zero-order valence-corrected chi connectivity index (χ0v) is 52.4. The van der Waals surface area contributed by atoms with Crippen LogP contribution in [0.2, 0.25) is 0 Å². The molecule has 0 spiro atoms. The number of nitrogens with one attached hydrogen (secondary N) is 4. The van der Waals surface area contributed by atoms with Gasteiger partial charge in [0.05, 0.1) is 53.2 Å². The van der Waals surface area contributed by atoms with Crippen molar-refractivity contribution in [1.29, 1.82) is 0 Å². The van der Waals surface area contributed by atoms with Crippen molar-refractivity contribution in [3.8, 4) is 43.4 Å². The van der Waals surface area contributed by atoms with Crippen LogP contribution in [0.5, 0.6) is 0 Å². The molecule has 24 nitrogen and oxygen atoms in total. The van der Waals surface area contributed by atoms with Crippen molar-refractivity contribution in [2.24, 2.45) is 23.5 Å². The average molecular weight is 1290 g/mol. The standard InChI is InChI=1S/C57H59N13O11S6/c1-27(2)44(55-69-47(38(87-55)22-81-5)49(76)60-21-39(58)71)67-50(77)45-28(3)86-54(68-45)34(20-41(72)59-4)63-48(75)36-24-83-51(65-36)32-14-15-33(52-66-40(26-85-52)70(17-9-12-43(73)74)56(78)30-18-31(19-30)57(79)80)62-46(32)35-23-84-53(64-35)37-25-82-42(61-37)16-13-29-10-7-6-8-11-29/h6-8,10-11,14-15,23-27,30-31,34,44H,9,12-13,16-22H2,1-5H3,(H2,58,71)(H,59,72)(H,60,76)(H,63,75)(H,67,77)(H,73,74)(H,79,80)/t30-,31-,34-,44?/m0/s1. The summed E-state index contributed by atoms with van der Waals surface area (Å²) in [5, 5.41) is 40.1. The maximum absolute atomic E-state index is 14.4. The Kier molecular flexibility index (Phi) is 20.8. The van der Waals surface area contributed by atoms with Crippen molar-refractivity contribution >= 4 is 121 Å². The predicted molar refractivity (Wildman–Crippen MR) is 331 cm³/mol. The minimum atomic E-state index is -1.02. The summed E-state index contributed by atoms with van der Waals surface area (Å²) in [6.07, 6.45) is 1.63. The van der Waals surface area contributed by atoms with Crippen molar-refractivity contribution in [2.45, 2.75) is 84.4 Å². The van der Waals surface area contributed by atoms with Crippen molar-refractivity contribution in [3.05, 3.63) is 111 Å². The number of benzene rings is 1. The molecule has 9 rings (SSSR count). The number of rotatable bonds is 28. The molecule has 1 unspecified atom stereocenters. The third-order valence-corrected chi connectivity index (χ3v) is 19.6. The molecule has 7 aromatic heterocycles. The van der Waals surface area contributed by atoms with Gasteiger partial charge in [-0.2, -0.15) is 0 Å². The van der Waals surface area contributed by atoms with Crippen LogP contribution in [0.15, 0.2) is 64.0 Å². The largest absolute Gasteiger partial charge is 0.481 e. The van der Waals surface area contributed by atoms with Crippen LogP contribution in [-0.4, -0.2) is 120 Å². The Morgan fingerprint density at radius 3 is 2.17 bits per heavy atom. The second-order valence-electron chi connectivity index (χ2n) is 20.4. The molecule has 1 aliphatic rings. The van der Waals surface area contributed by atoms with Crippen LogP contribution in [0, 0.1) is 24.7 Å². The smallest absolute Gasteiger partial charge is 0.306 e. The highest BCUT2D eigenvalue weighted by Gasteiger charge is 2.41. The van der Waals surface area contributed by atoms with Crippen molar-refractivity contribution in [2.75, 3.05) is 32.1 Å². The van der Waals surface area contributed by atoms with E-state index in [4.69, 9.17) is 35.4 Å². The number of carbonyl (C=O) groups is 8. The number of ether oxygens (including phenoxy) is 1. The Morgan fingerprint density at radius 1 is 0.736 bits per heavy atom. The van der Waals surface area contributed by atoms with Gasteiger partial charge in [-0.1, -0.05) is 44.2 Å². The van der Waals surface area contributed by atoms with Gasteiger partial charge in [-0.25, -0.2) is 34.9 Å². The molecule has 30 heteroatoms. The number of aryl methyl sites for hydroxylation is 3. The maximum Gasteiger partial charge on any atom is 0.306 e. The Morgan fingerprint density at radius 2 is 1.46 bits per heavy atom. The number of amides is 6. The molecule has 7 heterocycles. The van der Waals surface area contributed by atoms with Gasteiger partial charge < -0.3 is 42.0 Å². The molecule has 87 heavy (non-hydrogen) atoms. The summed E-state index contributed by atoms with van der Waals surface area (Å²) < 4.78 is 5.31. The molecule has 1 saturated carbocycles. The SMILES string of the molecule is CNC(=O)C[C@H](NC(=O)c1csc(-c2ccc(-c3nc(N(CCCC(=O)O)C(=O)[C@H]4C[C@H](C(=O)O)C4)cs3)nc2-c2csc(-c3csc(CCc4ccccc4)n3)n2)n1)c1nc(C(=O)NC(c2nc(C(=O)NCC(N)=O)c(COC)s2)C(C)C)c(C)s1. The molecule has 0 saturated heterocycles. The fraction of sp³-hybridized carbons (Fsp3) is 0.351. The van der Waals surface area contributed by atoms with Crippen LogP contribution in [0.3, 0.4) is 0 Å². The lowest BCUT2D eigenvalue weighted by Gasteiger charge is -2.34. The van der Waals surface area contributed by atoms with Crippen LogP contribution in [0.1, 0.15) is 120 Å². The number of methoxy groups -OCH3 is 1. The fourth-order valence-corrected chi connectivity index (χ4v) is 14.7. The van der Waals surface area contributed by atoms with E-state index in [0.717, 1.165) is 29.2 Å². The monoisotopic (exact) mass is 1290 g/mol. The first-order valence-corrected chi connectivity index (χ1v) is 32.4. The van der Waals surface area contributed by atoms with E-state index in [1.807, 2.05) is 42.8 Å². The lowest BCUT2D eigenvalue weighted by molar-refractivity contribution is -0.148.